The van der Waals surface area contributed by atoms with Crippen LogP contribution in [0.1, 0.15) is 25.3 Å². The minimum atomic E-state index is -5.17. The summed E-state index contributed by atoms with van der Waals surface area (Å²) in [6.07, 6.45) is -7.73. The Labute approximate surface area is 410 Å². The largest absolute Gasteiger partial charge is 0.472 e. The lowest BCUT2D eigenvalue weighted by atomic mass is 10.1. The third kappa shape index (κ3) is 13.2. The summed E-state index contributed by atoms with van der Waals surface area (Å²) in [5, 5.41) is 28.0. The number of amides is 4. The number of aliphatic hydroxyl groups is 2. The number of rotatable bonds is 21. The van der Waals surface area contributed by atoms with Crippen LogP contribution in [-0.4, -0.2) is 203 Å². The molecule has 73 heavy (non-hydrogen) atoms. The number of carbonyl (C=O) groups excluding carboxylic acids is 4. The fourth-order valence-corrected chi connectivity index (χ4v) is 9.66. The van der Waals surface area contributed by atoms with Gasteiger partial charge in [-0.1, -0.05) is 0 Å². The van der Waals surface area contributed by atoms with Crippen LogP contribution in [0, 0.1) is 0 Å². The quantitative estimate of drug-likeness (QED) is 0.0233. The second-order valence-corrected chi connectivity index (χ2v) is 18.9. The number of anilines is 2. The van der Waals surface area contributed by atoms with Gasteiger partial charge in [-0.15, -0.1) is 0 Å². The van der Waals surface area contributed by atoms with Crippen LogP contribution in [0.5, 0.6) is 0 Å². The molecule has 0 bridgehead atoms. The number of ether oxygens (including phenoxy) is 6. The van der Waals surface area contributed by atoms with Gasteiger partial charge in [0.1, 0.15) is 43.0 Å². The average molecular weight is 1070 g/mol. The van der Waals surface area contributed by atoms with Gasteiger partial charge in [0.25, 0.3) is 17.4 Å². The van der Waals surface area contributed by atoms with Gasteiger partial charge in [-0.2, -0.15) is 4.98 Å². The van der Waals surface area contributed by atoms with E-state index in [0.29, 0.717) is 0 Å². The molecule has 0 radical (unpaired) electrons. The summed E-state index contributed by atoms with van der Waals surface area (Å²) in [4.78, 5) is 106. The summed E-state index contributed by atoms with van der Waals surface area (Å²) in [7, 11) is -10.3. The van der Waals surface area contributed by atoms with E-state index in [-0.39, 0.29) is 119 Å². The van der Waals surface area contributed by atoms with Crippen molar-refractivity contribution in [2.45, 2.75) is 61.9 Å². The monoisotopic (exact) mass is 1070 g/mol. The fraction of sp³-hybridized carbons (Fsp3) is 0.579. The van der Waals surface area contributed by atoms with Gasteiger partial charge in [-0.05, 0) is 0 Å². The molecule has 8 rings (SSSR count). The number of H-pyrrole nitrogens is 1. The number of nitrogens with two attached hydrogens (primary N) is 1. The number of phosphoric ester groups is 2. The van der Waals surface area contributed by atoms with Gasteiger partial charge in [0.15, 0.2) is 40.6 Å². The predicted molar refractivity (Wildman–Crippen MR) is 239 cm³/mol. The Balaban J connectivity index is 0.752. The topological polar surface area (TPSA) is 436 Å². The number of phosphoric acid groups is 2. The summed E-state index contributed by atoms with van der Waals surface area (Å²) in [5.41, 5.74) is 4.71. The molecule has 4 amide bonds. The van der Waals surface area contributed by atoms with Crippen LogP contribution in [0.15, 0.2) is 35.9 Å². The normalized spacial score (nSPS) is 28.6. The number of nitrogen functional groups attached to an aromatic ring is 1. The Hall–Kier alpha value is -5.58. The van der Waals surface area contributed by atoms with Crippen LogP contribution in [-0.2, 0) is 74.8 Å². The predicted octanol–water partition coefficient (Wildman–Crippen LogP) is -3.10. The lowest BCUT2D eigenvalue weighted by molar-refractivity contribution is -0.137. The molecule has 3 fully saturated rings. The van der Waals surface area contributed by atoms with Crippen molar-refractivity contribution in [2.75, 3.05) is 90.2 Å². The maximum absolute atomic E-state index is 13.4. The van der Waals surface area contributed by atoms with E-state index >= 15 is 0 Å². The molecular weight excluding hydrogens is 1020 g/mol. The van der Waals surface area contributed by atoms with Gasteiger partial charge in [-0.25, -0.2) is 29.1 Å². The Kier molecular flexibility index (Phi) is 17.5. The number of carbonyl (C=O) groups is 4. The Morgan fingerprint density at radius 2 is 1.26 bits per heavy atom. The highest BCUT2D eigenvalue weighted by atomic mass is 31.2. The standard InChI is InChI=1S/C38H50N12O21P2/c39-38-46-34-27(35(57)47-38)44-19-50(34)37-29(56)31-21(69-37)16-67-72(58,59)70-30-20(15-66-73(60,61)71-31)68-36(28(30)55)49-18-43-26-32(41-17-42-33(26)49)45-23(52)4-7-62-9-11-64-13-14-65-12-10-63-8-5-40-22(51)3-6-48-24(53)1-2-25(48)54/h1-2,17-21,28-31,36-37,55-56H,3-16H2,(H,40,51)(H,58,59)(H,60,61)(H3,39,46,47,57)(H,41,42,45,52)/t20-,21-,28+,29?,30?,31+,36-,37-/m1/s1. The fourth-order valence-electron chi connectivity index (χ4n) is 7.73. The number of nitrogens with zero attached hydrogens (tertiary/aromatic N) is 8. The highest BCUT2D eigenvalue weighted by molar-refractivity contribution is 7.47. The highest BCUT2D eigenvalue weighted by Gasteiger charge is 2.54. The Bertz CT molecular complexity index is 2810. The molecule has 4 unspecified atom stereocenters. The van der Waals surface area contributed by atoms with Crippen LogP contribution in [0.25, 0.3) is 22.3 Å². The first kappa shape index (κ1) is 53.7. The molecule has 0 aromatic carbocycles. The summed E-state index contributed by atoms with van der Waals surface area (Å²) in [5.74, 6) is -2.02. The number of aromatic amines is 1. The van der Waals surface area contributed by atoms with Gasteiger partial charge >= 0.3 is 15.6 Å². The number of imide groups is 1. The van der Waals surface area contributed by atoms with E-state index in [9.17, 15) is 53.1 Å². The van der Waals surface area contributed by atoms with Crippen molar-refractivity contribution in [1.82, 2.24) is 49.3 Å². The number of nitrogens with one attached hydrogen (secondary N) is 3. The van der Waals surface area contributed by atoms with E-state index in [1.165, 1.54) is 10.9 Å². The zero-order valence-electron chi connectivity index (χ0n) is 38.2. The maximum atomic E-state index is 13.4. The van der Waals surface area contributed by atoms with E-state index in [1.54, 1.807) is 0 Å². The second-order valence-electron chi connectivity index (χ2n) is 16.1. The third-order valence-corrected chi connectivity index (χ3v) is 13.1. The van der Waals surface area contributed by atoms with Gasteiger partial charge < -0.3 is 64.8 Å². The highest BCUT2D eigenvalue weighted by Crippen LogP contribution is 2.53. The molecule has 35 heteroatoms. The molecule has 33 nitrogen and oxygen atoms in total. The zero-order valence-corrected chi connectivity index (χ0v) is 40.0. The molecular formula is C38H50N12O21P2. The van der Waals surface area contributed by atoms with Crippen molar-refractivity contribution in [3.05, 3.63) is 41.5 Å². The summed E-state index contributed by atoms with van der Waals surface area (Å²) in [6, 6.07) is 0. The molecule has 4 aliphatic heterocycles. The van der Waals surface area contributed by atoms with Crippen LogP contribution in [0.3, 0.4) is 0 Å². The van der Waals surface area contributed by atoms with Gasteiger partial charge in [0.2, 0.25) is 17.8 Å². The number of imidazole rings is 2. The lowest BCUT2D eigenvalue weighted by Crippen LogP contribution is -2.39. The number of fused-ring (bicyclic) bond motifs is 4. The number of aromatic nitrogens is 8. The molecule has 3 saturated heterocycles. The van der Waals surface area contributed by atoms with E-state index in [4.69, 9.17) is 52.2 Å². The van der Waals surface area contributed by atoms with Gasteiger partial charge in [-0.3, -0.25) is 61.1 Å². The molecule has 4 aliphatic rings. The minimum absolute atomic E-state index is 0.00196. The maximum Gasteiger partial charge on any atom is 0.472 e. The van der Waals surface area contributed by atoms with Crippen LogP contribution < -0.4 is 21.9 Å². The lowest BCUT2D eigenvalue weighted by Gasteiger charge is -2.27. The number of aliphatic hydroxyl groups excluding tert-OH is 2. The number of hydrogen-bond acceptors (Lipinski definition) is 25. The van der Waals surface area contributed by atoms with Crippen molar-refractivity contribution in [2.24, 2.45) is 0 Å². The molecule has 9 N–H and O–H groups in total. The molecule has 398 valence electrons. The van der Waals surface area contributed by atoms with Crippen molar-refractivity contribution >= 4 is 73.4 Å². The van der Waals surface area contributed by atoms with E-state index in [0.717, 1.165) is 34.3 Å². The first-order valence-corrected chi connectivity index (χ1v) is 25.3. The Morgan fingerprint density at radius 1 is 0.726 bits per heavy atom. The smallest absolute Gasteiger partial charge is 0.386 e. The SMILES string of the molecule is Nc1nc2c(ncn2[C@@H]2O[C@@H]3COP(=O)(O)OC4[C@@H](COP(=O)(O)O[C@@H]3C2O)O[C@@H](n2cnc3c(NC(=O)CCOCCOCCOCCOCCNC(=O)CCN5C(=O)C=CC5=O)ncnc32)[C@H]4O)c(=O)[nH]1. The zero-order chi connectivity index (χ0) is 51.9. The van der Waals surface area contributed by atoms with Crippen molar-refractivity contribution in [3.8, 4) is 0 Å². The molecule has 0 aliphatic carbocycles. The average Bonchev–Trinajstić information content (AvgIpc) is 4.16. The van der Waals surface area contributed by atoms with Crippen LogP contribution in [0.2, 0.25) is 0 Å². The Morgan fingerprint density at radius 3 is 1.85 bits per heavy atom. The van der Waals surface area contributed by atoms with E-state index in [2.05, 4.69) is 40.5 Å². The van der Waals surface area contributed by atoms with Gasteiger partial charge in [0, 0.05) is 31.7 Å². The minimum Gasteiger partial charge on any atom is -0.386 e. The summed E-state index contributed by atoms with van der Waals surface area (Å²) >= 11 is 0. The molecule has 0 spiro atoms. The summed E-state index contributed by atoms with van der Waals surface area (Å²) < 4.78 is 83.7. The van der Waals surface area contributed by atoms with Crippen molar-refractivity contribution in [1.29, 1.82) is 0 Å². The molecule has 4 aromatic heterocycles. The van der Waals surface area contributed by atoms with Crippen LogP contribution in [0.4, 0.5) is 11.8 Å². The van der Waals surface area contributed by atoms with E-state index < -0.39 is 101 Å². The first-order valence-electron chi connectivity index (χ1n) is 22.3. The van der Waals surface area contributed by atoms with Crippen molar-refractivity contribution < 1.29 is 94.8 Å². The van der Waals surface area contributed by atoms with E-state index in [1.807, 2.05) is 0 Å². The molecule has 0 saturated carbocycles. The third-order valence-electron chi connectivity index (χ3n) is 11.2. The van der Waals surface area contributed by atoms with Crippen LogP contribution >= 0.6 is 15.6 Å². The molecule has 4 aromatic rings. The second kappa shape index (κ2) is 23.7. The van der Waals surface area contributed by atoms with Gasteiger partial charge in [0.05, 0.1) is 85.1 Å². The number of hydrogen-bond donors (Lipinski definition) is 8. The first-order chi connectivity index (χ1) is 35.0. The molecule has 10 atom stereocenters. The van der Waals surface area contributed by atoms with Crippen molar-refractivity contribution in [3.63, 3.8) is 0 Å². The summed E-state index contributed by atoms with van der Waals surface area (Å²) in [6.45, 7) is 0.248. The molecule has 8 heterocycles.